The smallest absolute Gasteiger partial charge is 0.267 e. The zero-order valence-electron chi connectivity index (χ0n) is 10.1. The van der Waals surface area contributed by atoms with E-state index in [1.807, 2.05) is 12.1 Å². The van der Waals surface area contributed by atoms with E-state index in [0.717, 1.165) is 0 Å². The predicted octanol–water partition coefficient (Wildman–Crippen LogP) is 4.41. The van der Waals surface area contributed by atoms with Crippen LogP contribution in [-0.4, -0.2) is 12.1 Å². The number of halogens is 3. The Hall–Kier alpha value is -1.55. The molecule has 3 nitrogen and oxygen atoms in total. The predicted molar refractivity (Wildman–Crippen MR) is 83.0 cm³/mol. The van der Waals surface area contributed by atoms with Crippen LogP contribution in [0.3, 0.4) is 0 Å². The van der Waals surface area contributed by atoms with Gasteiger partial charge in [-0.1, -0.05) is 53.0 Å². The molecule has 0 atom stereocenters. The highest BCUT2D eigenvalue weighted by Crippen LogP contribution is 2.22. The first kappa shape index (κ1) is 14.9. The minimum atomic E-state index is -0.383. The van der Waals surface area contributed by atoms with E-state index in [4.69, 9.17) is 34.8 Å². The van der Waals surface area contributed by atoms with Crippen molar-refractivity contribution < 1.29 is 4.79 Å². The molecule has 0 aliphatic heterocycles. The minimum Gasteiger partial charge on any atom is -0.267 e. The lowest BCUT2D eigenvalue weighted by atomic mass is 10.2. The summed E-state index contributed by atoms with van der Waals surface area (Å²) in [6.45, 7) is 0. The van der Waals surface area contributed by atoms with E-state index in [9.17, 15) is 4.79 Å². The third-order valence-electron chi connectivity index (χ3n) is 2.46. The molecule has 0 radical (unpaired) electrons. The number of carbonyl (C=O) groups is 1. The van der Waals surface area contributed by atoms with Crippen molar-refractivity contribution in [3.63, 3.8) is 0 Å². The van der Waals surface area contributed by atoms with Gasteiger partial charge in [-0.25, -0.2) is 5.43 Å². The molecule has 0 spiro atoms. The van der Waals surface area contributed by atoms with E-state index in [1.54, 1.807) is 24.3 Å². The molecule has 102 valence electrons. The van der Waals surface area contributed by atoms with Crippen LogP contribution in [0.5, 0.6) is 0 Å². The standard InChI is InChI=1S/C14H9Cl3N2O/c15-11-4-2-1-3-10(11)8-18-19-14(20)9-5-6-12(16)13(17)7-9/h1-8H,(H,19,20)/b18-8+. The van der Waals surface area contributed by atoms with Gasteiger partial charge in [0.05, 0.1) is 16.3 Å². The molecule has 0 aliphatic carbocycles. The number of rotatable bonds is 3. The van der Waals surface area contributed by atoms with E-state index in [-0.39, 0.29) is 5.91 Å². The molecule has 2 aromatic carbocycles. The van der Waals surface area contributed by atoms with Crippen LogP contribution in [-0.2, 0) is 0 Å². The third-order valence-corrected chi connectivity index (χ3v) is 3.54. The summed E-state index contributed by atoms with van der Waals surface area (Å²) in [4.78, 5) is 11.8. The van der Waals surface area contributed by atoms with Crippen molar-refractivity contribution in [2.45, 2.75) is 0 Å². The maximum atomic E-state index is 11.8. The molecule has 0 saturated carbocycles. The van der Waals surface area contributed by atoms with E-state index >= 15 is 0 Å². The van der Waals surface area contributed by atoms with Crippen LogP contribution in [0.4, 0.5) is 0 Å². The summed E-state index contributed by atoms with van der Waals surface area (Å²) in [5.74, 6) is -0.383. The Balaban J connectivity index is 2.05. The Bertz CT molecular complexity index is 671. The molecule has 0 aliphatic rings. The van der Waals surface area contributed by atoms with Crippen molar-refractivity contribution >= 4 is 46.9 Å². The summed E-state index contributed by atoms with van der Waals surface area (Å²) in [7, 11) is 0. The van der Waals surface area contributed by atoms with Gasteiger partial charge in [0.25, 0.3) is 5.91 Å². The van der Waals surface area contributed by atoms with Gasteiger partial charge in [-0.05, 0) is 24.3 Å². The maximum Gasteiger partial charge on any atom is 0.271 e. The zero-order valence-corrected chi connectivity index (χ0v) is 12.4. The highest BCUT2D eigenvalue weighted by molar-refractivity contribution is 6.42. The fraction of sp³-hybridized carbons (Fsp3) is 0. The first-order valence-corrected chi connectivity index (χ1v) is 6.74. The molecule has 1 amide bonds. The second kappa shape index (κ2) is 6.75. The molecule has 0 unspecified atom stereocenters. The molecule has 0 fully saturated rings. The van der Waals surface area contributed by atoms with E-state index in [1.165, 1.54) is 12.3 Å². The molecule has 0 heterocycles. The molecule has 0 bridgehead atoms. The van der Waals surface area contributed by atoms with Crippen LogP contribution in [0.2, 0.25) is 15.1 Å². The van der Waals surface area contributed by atoms with Crippen LogP contribution >= 0.6 is 34.8 Å². The second-order valence-corrected chi connectivity index (χ2v) is 5.07. The average molecular weight is 328 g/mol. The van der Waals surface area contributed by atoms with Gasteiger partial charge in [-0.15, -0.1) is 0 Å². The summed E-state index contributed by atoms with van der Waals surface area (Å²) in [5, 5.41) is 5.11. The van der Waals surface area contributed by atoms with Crippen LogP contribution in [0.15, 0.2) is 47.6 Å². The van der Waals surface area contributed by atoms with E-state index in [2.05, 4.69) is 10.5 Å². The zero-order chi connectivity index (χ0) is 14.5. The van der Waals surface area contributed by atoms with Crippen molar-refractivity contribution in [1.29, 1.82) is 0 Å². The number of hydrogen-bond acceptors (Lipinski definition) is 2. The molecular formula is C14H9Cl3N2O. The Labute approximate surface area is 131 Å². The molecule has 20 heavy (non-hydrogen) atoms. The number of amides is 1. The van der Waals surface area contributed by atoms with Crippen molar-refractivity contribution in [2.75, 3.05) is 0 Å². The number of hydrazone groups is 1. The highest BCUT2D eigenvalue weighted by Gasteiger charge is 2.06. The summed E-state index contributed by atoms with van der Waals surface area (Å²) >= 11 is 17.6. The number of nitrogens with zero attached hydrogens (tertiary/aromatic N) is 1. The normalized spacial score (nSPS) is 10.8. The van der Waals surface area contributed by atoms with Crippen LogP contribution in [0, 0.1) is 0 Å². The van der Waals surface area contributed by atoms with E-state index in [0.29, 0.717) is 26.2 Å². The molecule has 1 N–H and O–H groups in total. The number of benzene rings is 2. The summed E-state index contributed by atoms with van der Waals surface area (Å²) < 4.78 is 0. The van der Waals surface area contributed by atoms with Crippen LogP contribution < -0.4 is 5.43 Å². The molecule has 6 heteroatoms. The Morgan fingerprint density at radius 2 is 1.75 bits per heavy atom. The first-order chi connectivity index (χ1) is 9.58. The van der Waals surface area contributed by atoms with Gasteiger partial charge in [0, 0.05) is 16.1 Å². The quantitative estimate of drug-likeness (QED) is 0.658. The molecule has 2 rings (SSSR count). The van der Waals surface area contributed by atoms with Crippen molar-refractivity contribution in [3.8, 4) is 0 Å². The Morgan fingerprint density at radius 1 is 1.00 bits per heavy atom. The van der Waals surface area contributed by atoms with Gasteiger partial charge < -0.3 is 0 Å². The largest absolute Gasteiger partial charge is 0.271 e. The summed E-state index contributed by atoms with van der Waals surface area (Å²) in [6.07, 6.45) is 1.47. The Kier molecular flexibility index (Phi) is 5.01. The molecular weight excluding hydrogens is 319 g/mol. The van der Waals surface area contributed by atoms with Gasteiger partial charge in [-0.2, -0.15) is 5.10 Å². The fourth-order valence-electron chi connectivity index (χ4n) is 1.44. The number of nitrogens with one attached hydrogen (secondary N) is 1. The number of hydrogen-bond donors (Lipinski definition) is 1. The van der Waals surface area contributed by atoms with Crippen LogP contribution in [0.25, 0.3) is 0 Å². The van der Waals surface area contributed by atoms with Crippen molar-refractivity contribution in [2.24, 2.45) is 5.10 Å². The van der Waals surface area contributed by atoms with Gasteiger partial charge in [0.2, 0.25) is 0 Å². The minimum absolute atomic E-state index is 0.314. The van der Waals surface area contributed by atoms with Gasteiger partial charge >= 0.3 is 0 Å². The molecule has 2 aromatic rings. The fourth-order valence-corrected chi connectivity index (χ4v) is 1.92. The number of carbonyl (C=O) groups excluding carboxylic acids is 1. The lowest BCUT2D eigenvalue weighted by Crippen LogP contribution is -2.17. The van der Waals surface area contributed by atoms with Gasteiger partial charge in [0.1, 0.15) is 0 Å². The Morgan fingerprint density at radius 3 is 2.45 bits per heavy atom. The molecule has 0 saturated heterocycles. The van der Waals surface area contributed by atoms with E-state index < -0.39 is 0 Å². The SMILES string of the molecule is O=C(N/N=C/c1ccccc1Cl)c1ccc(Cl)c(Cl)c1. The highest BCUT2D eigenvalue weighted by atomic mass is 35.5. The lowest BCUT2D eigenvalue weighted by molar-refractivity contribution is 0.0955. The maximum absolute atomic E-state index is 11.8. The molecule has 0 aromatic heterocycles. The van der Waals surface area contributed by atoms with Crippen molar-refractivity contribution in [1.82, 2.24) is 5.43 Å². The second-order valence-electron chi connectivity index (χ2n) is 3.85. The van der Waals surface area contributed by atoms with Gasteiger partial charge in [0.15, 0.2) is 0 Å². The summed E-state index contributed by atoms with van der Waals surface area (Å²) in [5.41, 5.74) is 3.47. The van der Waals surface area contributed by atoms with Gasteiger partial charge in [-0.3, -0.25) is 4.79 Å². The topological polar surface area (TPSA) is 41.5 Å². The lowest BCUT2D eigenvalue weighted by Gasteiger charge is -2.02. The van der Waals surface area contributed by atoms with Crippen molar-refractivity contribution in [3.05, 3.63) is 68.7 Å². The monoisotopic (exact) mass is 326 g/mol. The third kappa shape index (κ3) is 3.73. The first-order valence-electron chi connectivity index (χ1n) is 5.61. The van der Waals surface area contributed by atoms with Crippen LogP contribution in [0.1, 0.15) is 15.9 Å². The summed E-state index contributed by atoms with van der Waals surface area (Å²) in [6, 6.07) is 11.8. The average Bonchev–Trinajstić information content (AvgIpc) is 2.44.